The van der Waals surface area contributed by atoms with Crippen LogP contribution in [0.15, 0.2) is 34.8 Å². The van der Waals surface area contributed by atoms with Crippen LogP contribution in [0.1, 0.15) is 23.4 Å². The average Bonchev–Trinajstić information content (AvgIpc) is 2.80. The van der Waals surface area contributed by atoms with E-state index in [1.807, 2.05) is 25.1 Å². The first-order valence-corrected chi connectivity index (χ1v) is 8.01. The lowest BCUT2D eigenvalue weighted by Crippen LogP contribution is -2.22. The zero-order valence-corrected chi connectivity index (χ0v) is 13.6. The molecule has 1 heterocycles. The molecule has 1 atom stereocenters. The van der Waals surface area contributed by atoms with Crippen LogP contribution in [-0.4, -0.2) is 6.54 Å². The predicted octanol–water partition coefficient (Wildman–Crippen LogP) is 5.20. The van der Waals surface area contributed by atoms with E-state index in [-0.39, 0.29) is 11.9 Å². The van der Waals surface area contributed by atoms with Gasteiger partial charge in [0, 0.05) is 15.4 Å². The second-order valence-electron chi connectivity index (χ2n) is 4.19. The van der Waals surface area contributed by atoms with Crippen molar-refractivity contribution in [2.45, 2.75) is 19.4 Å². The summed E-state index contributed by atoms with van der Waals surface area (Å²) in [5, 5.41) is 3.38. The average molecular weight is 363 g/mol. The second kappa shape index (κ2) is 6.84. The van der Waals surface area contributed by atoms with E-state index in [9.17, 15) is 4.39 Å². The molecule has 5 heteroatoms. The van der Waals surface area contributed by atoms with Crippen LogP contribution in [0.4, 0.5) is 4.39 Å². The molecule has 2 aromatic rings. The van der Waals surface area contributed by atoms with Crippen molar-refractivity contribution < 1.29 is 4.39 Å². The van der Waals surface area contributed by atoms with E-state index in [4.69, 9.17) is 11.6 Å². The third-order valence-corrected chi connectivity index (χ3v) is 4.66. The highest BCUT2D eigenvalue weighted by Crippen LogP contribution is 2.30. The molecule has 0 saturated carbocycles. The summed E-state index contributed by atoms with van der Waals surface area (Å²) in [6, 6.07) is 8.99. The van der Waals surface area contributed by atoms with Crippen molar-refractivity contribution in [3.8, 4) is 0 Å². The summed E-state index contributed by atoms with van der Waals surface area (Å²) in [5.74, 6) is -0.172. The maximum absolute atomic E-state index is 13.8. The van der Waals surface area contributed by atoms with Gasteiger partial charge in [-0.25, -0.2) is 4.39 Å². The Hall–Kier alpha value is -0.420. The fraction of sp³-hybridized carbons (Fsp3) is 0.286. The third kappa shape index (κ3) is 4.02. The fourth-order valence-electron chi connectivity index (χ4n) is 1.95. The predicted molar refractivity (Wildman–Crippen MR) is 83.6 cm³/mol. The van der Waals surface area contributed by atoms with E-state index in [1.165, 1.54) is 17.4 Å². The standard InChI is InChI=1S/C14H14BrClFNS/c1-2-18-12(13-5-6-14(16)19-13)8-9-7-10(15)3-4-11(9)17/h3-7,12,18H,2,8H2,1H3. The molecule has 0 saturated heterocycles. The van der Waals surface area contributed by atoms with Crippen LogP contribution in [-0.2, 0) is 6.42 Å². The Bertz CT molecular complexity index is 558. The van der Waals surface area contributed by atoms with Crippen molar-refractivity contribution in [1.29, 1.82) is 0 Å². The van der Waals surface area contributed by atoms with Crippen LogP contribution >= 0.6 is 38.9 Å². The summed E-state index contributed by atoms with van der Waals surface area (Å²) in [6.45, 7) is 2.87. The zero-order valence-electron chi connectivity index (χ0n) is 10.4. The number of likely N-dealkylation sites (N-methyl/N-ethyl adjacent to an activating group) is 1. The number of nitrogens with one attached hydrogen (secondary N) is 1. The molecule has 1 unspecified atom stereocenters. The van der Waals surface area contributed by atoms with Gasteiger partial charge in [0.2, 0.25) is 0 Å². The Morgan fingerprint density at radius 2 is 2.16 bits per heavy atom. The normalized spacial score (nSPS) is 12.6. The minimum Gasteiger partial charge on any atom is -0.309 e. The SMILES string of the molecule is CCNC(Cc1cc(Br)ccc1F)c1ccc(Cl)s1. The minimum atomic E-state index is -0.172. The van der Waals surface area contributed by atoms with E-state index < -0.39 is 0 Å². The highest BCUT2D eigenvalue weighted by Gasteiger charge is 2.15. The summed E-state index contributed by atoms with van der Waals surface area (Å²) in [4.78, 5) is 1.13. The van der Waals surface area contributed by atoms with E-state index in [1.54, 1.807) is 6.07 Å². The van der Waals surface area contributed by atoms with Crippen molar-refractivity contribution in [2.75, 3.05) is 6.54 Å². The number of hydrogen-bond donors (Lipinski definition) is 1. The fourth-order valence-corrected chi connectivity index (χ4v) is 3.50. The molecule has 2 rings (SSSR count). The molecule has 102 valence electrons. The van der Waals surface area contributed by atoms with Gasteiger partial charge in [0.15, 0.2) is 0 Å². The zero-order chi connectivity index (χ0) is 13.8. The lowest BCUT2D eigenvalue weighted by molar-refractivity contribution is 0.534. The third-order valence-electron chi connectivity index (χ3n) is 2.82. The van der Waals surface area contributed by atoms with Crippen molar-refractivity contribution in [1.82, 2.24) is 5.32 Å². The van der Waals surface area contributed by atoms with E-state index in [0.717, 1.165) is 20.2 Å². The molecule has 0 bridgehead atoms. The van der Waals surface area contributed by atoms with Crippen LogP contribution in [0, 0.1) is 5.82 Å². The van der Waals surface area contributed by atoms with Crippen LogP contribution in [0.25, 0.3) is 0 Å². The first kappa shape index (κ1) is 15.0. The second-order valence-corrected chi connectivity index (χ2v) is 6.85. The van der Waals surface area contributed by atoms with Crippen LogP contribution in [0.3, 0.4) is 0 Å². The van der Waals surface area contributed by atoms with Gasteiger partial charge >= 0.3 is 0 Å². The molecule has 1 aromatic heterocycles. The Kier molecular flexibility index (Phi) is 5.39. The molecule has 1 aromatic carbocycles. The van der Waals surface area contributed by atoms with Gasteiger partial charge in [0.05, 0.1) is 4.34 Å². The van der Waals surface area contributed by atoms with Crippen molar-refractivity contribution in [2.24, 2.45) is 0 Å². The van der Waals surface area contributed by atoms with Crippen molar-refractivity contribution >= 4 is 38.9 Å². The van der Waals surface area contributed by atoms with Gasteiger partial charge < -0.3 is 5.32 Å². The summed E-state index contributed by atoms with van der Waals surface area (Å²) < 4.78 is 15.5. The van der Waals surface area contributed by atoms with Crippen LogP contribution in [0.2, 0.25) is 4.34 Å². The van der Waals surface area contributed by atoms with Gasteiger partial charge in [0.25, 0.3) is 0 Å². The lowest BCUT2D eigenvalue weighted by atomic mass is 10.0. The highest BCUT2D eigenvalue weighted by molar-refractivity contribution is 9.10. The van der Waals surface area contributed by atoms with E-state index in [0.29, 0.717) is 12.0 Å². The number of halogens is 3. The molecule has 0 aliphatic carbocycles. The van der Waals surface area contributed by atoms with Gasteiger partial charge in [0.1, 0.15) is 5.82 Å². The van der Waals surface area contributed by atoms with Gasteiger partial charge in [-0.2, -0.15) is 0 Å². The Labute approximate surface area is 129 Å². The molecule has 19 heavy (non-hydrogen) atoms. The molecule has 0 radical (unpaired) electrons. The number of hydrogen-bond acceptors (Lipinski definition) is 2. The molecular formula is C14H14BrClFNS. The van der Waals surface area contributed by atoms with Gasteiger partial charge in [-0.05, 0) is 48.9 Å². The van der Waals surface area contributed by atoms with Gasteiger partial charge in [-0.3, -0.25) is 0 Å². The smallest absolute Gasteiger partial charge is 0.126 e. The minimum absolute atomic E-state index is 0.0892. The maximum Gasteiger partial charge on any atom is 0.126 e. The molecule has 0 aliphatic heterocycles. The topological polar surface area (TPSA) is 12.0 Å². The first-order chi connectivity index (χ1) is 9.10. The molecule has 0 spiro atoms. The molecular weight excluding hydrogens is 349 g/mol. The van der Waals surface area contributed by atoms with Gasteiger partial charge in [-0.1, -0.05) is 34.5 Å². The molecule has 1 N–H and O–H groups in total. The maximum atomic E-state index is 13.8. The van der Waals surface area contributed by atoms with Gasteiger partial charge in [-0.15, -0.1) is 11.3 Å². The largest absolute Gasteiger partial charge is 0.309 e. The van der Waals surface area contributed by atoms with Crippen molar-refractivity contribution in [3.05, 3.63) is 55.4 Å². The summed E-state index contributed by atoms with van der Waals surface area (Å²) >= 11 is 10.9. The summed E-state index contributed by atoms with van der Waals surface area (Å²) in [6.07, 6.45) is 0.607. The van der Waals surface area contributed by atoms with E-state index in [2.05, 4.69) is 21.2 Å². The molecule has 1 nitrogen and oxygen atoms in total. The lowest BCUT2D eigenvalue weighted by Gasteiger charge is -2.17. The molecule has 0 amide bonds. The number of benzene rings is 1. The Morgan fingerprint density at radius 1 is 1.37 bits per heavy atom. The first-order valence-electron chi connectivity index (χ1n) is 6.02. The quantitative estimate of drug-likeness (QED) is 0.771. The Morgan fingerprint density at radius 3 is 2.79 bits per heavy atom. The number of rotatable bonds is 5. The monoisotopic (exact) mass is 361 g/mol. The molecule has 0 fully saturated rings. The summed E-state index contributed by atoms with van der Waals surface area (Å²) in [5.41, 5.74) is 0.699. The Balaban J connectivity index is 2.23. The van der Waals surface area contributed by atoms with E-state index >= 15 is 0 Å². The van der Waals surface area contributed by atoms with Crippen LogP contribution < -0.4 is 5.32 Å². The van der Waals surface area contributed by atoms with Crippen LogP contribution in [0.5, 0.6) is 0 Å². The number of thiophene rings is 1. The van der Waals surface area contributed by atoms with Crippen molar-refractivity contribution in [3.63, 3.8) is 0 Å². The molecule has 0 aliphatic rings. The highest BCUT2D eigenvalue weighted by atomic mass is 79.9. The summed E-state index contributed by atoms with van der Waals surface area (Å²) in [7, 11) is 0.